The van der Waals surface area contributed by atoms with Gasteiger partial charge in [-0.25, -0.2) is 15.0 Å². The normalized spacial score (nSPS) is 15.8. The van der Waals surface area contributed by atoms with Crippen LogP contribution in [0.15, 0.2) is 24.5 Å². The van der Waals surface area contributed by atoms with Crippen molar-refractivity contribution in [3.63, 3.8) is 0 Å². The van der Waals surface area contributed by atoms with Crippen LogP contribution in [0.3, 0.4) is 0 Å². The molecule has 4 aromatic heterocycles. The van der Waals surface area contributed by atoms with Crippen LogP contribution in [-0.4, -0.2) is 43.6 Å². The molecule has 0 aromatic carbocycles. The summed E-state index contributed by atoms with van der Waals surface area (Å²) in [5.74, 6) is 1.85. The average molecular weight is 542 g/mol. The number of nitrogens with zero attached hydrogens (tertiary/aromatic N) is 5. The Hall–Kier alpha value is -3.28. The van der Waals surface area contributed by atoms with Crippen molar-refractivity contribution in [2.45, 2.75) is 45.4 Å². The number of aryl methyl sites for hydroxylation is 1. The van der Waals surface area contributed by atoms with E-state index in [0.717, 1.165) is 23.9 Å². The number of fused-ring (bicyclic) bond motifs is 1. The first-order valence-corrected chi connectivity index (χ1v) is 13.1. The van der Waals surface area contributed by atoms with E-state index in [2.05, 4.69) is 46.4 Å². The van der Waals surface area contributed by atoms with E-state index in [9.17, 15) is 4.79 Å². The third-order valence-electron chi connectivity index (χ3n) is 5.94. The Balaban J connectivity index is 1.44. The first-order chi connectivity index (χ1) is 17.6. The number of thiazole rings is 1. The zero-order chi connectivity index (χ0) is 26.3. The maximum absolute atomic E-state index is 11.3. The van der Waals surface area contributed by atoms with Gasteiger partial charge in [0.25, 0.3) is 0 Å². The lowest BCUT2D eigenvalue weighted by atomic mass is 9.89. The summed E-state index contributed by atoms with van der Waals surface area (Å²) < 4.78 is 13.4. The van der Waals surface area contributed by atoms with Crippen LogP contribution in [0, 0.1) is 0 Å². The molecule has 1 saturated heterocycles. The van der Waals surface area contributed by atoms with Crippen LogP contribution in [0.4, 0.5) is 16.9 Å². The molecule has 1 amide bonds. The third-order valence-corrected chi connectivity index (χ3v) is 7.72. The van der Waals surface area contributed by atoms with Crippen molar-refractivity contribution >= 4 is 56.9 Å². The first-order valence-electron chi connectivity index (χ1n) is 11.9. The summed E-state index contributed by atoms with van der Waals surface area (Å²) in [5.41, 5.74) is 2.16. The van der Waals surface area contributed by atoms with Gasteiger partial charge in [0.2, 0.25) is 11.9 Å². The van der Waals surface area contributed by atoms with Gasteiger partial charge in [0.15, 0.2) is 16.5 Å². The fraction of sp³-hybridized carbons (Fsp3) is 0.400. The molecule has 0 saturated carbocycles. The number of carbonyl (C=O) groups is 1. The zero-order valence-electron chi connectivity index (χ0n) is 21.3. The number of imidazole rings is 1. The number of aromatic nitrogens is 5. The Morgan fingerprint density at radius 1 is 1.30 bits per heavy atom. The van der Waals surface area contributed by atoms with Crippen LogP contribution in [0.25, 0.3) is 11.2 Å². The second kappa shape index (κ2) is 9.88. The van der Waals surface area contributed by atoms with Gasteiger partial charge in [0.1, 0.15) is 22.1 Å². The summed E-state index contributed by atoms with van der Waals surface area (Å²) in [6.07, 6.45) is 4.04. The van der Waals surface area contributed by atoms with Crippen molar-refractivity contribution in [3.8, 4) is 11.5 Å². The summed E-state index contributed by atoms with van der Waals surface area (Å²) in [7, 11) is 1.86. The van der Waals surface area contributed by atoms with Crippen molar-refractivity contribution < 1.29 is 14.3 Å². The van der Waals surface area contributed by atoms with Gasteiger partial charge >= 0.3 is 0 Å². The Bertz CT molecular complexity index is 1470. The fourth-order valence-electron chi connectivity index (χ4n) is 4.19. The van der Waals surface area contributed by atoms with Gasteiger partial charge in [-0.2, -0.15) is 4.98 Å². The number of hydrogen-bond acceptors (Lipinski definition) is 9. The zero-order valence-corrected chi connectivity index (χ0v) is 22.8. The van der Waals surface area contributed by atoms with Gasteiger partial charge < -0.3 is 24.7 Å². The lowest BCUT2D eigenvalue weighted by molar-refractivity contribution is -0.114. The van der Waals surface area contributed by atoms with Crippen molar-refractivity contribution in [3.05, 3.63) is 40.1 Å². The van der Waals surface area contributed by atoms with Crippen LogP contribution in [0.5, 0.6) is 11.5 Å². The van der Waals surface area contributed by atoms with Crippen LogP contribution in [-0.2, 0) is 22.0 Å². The Morgan fingerprint density at radius 3 is 2.81 bits per heavy atom. The van der Waals surface area contributed by atoms with Crippen LogP contribution in [0.1, 0.15) is 50.6 Å². The highest BCUT2D eigenvalue weighted by Gasteiger charge is 2.30. The largest absolute Gasteiger partial charge is 0.454 e. The molecule has 1 atom stereocenters. The highest BCUT2D eigenvalue weighted by atomic mass is 35.5. The SMILES string of the molecule is CC(=O)Nc1cc(Oc2cnc3nc(Nc4nc(C5CCOC5)c(C(C)(C)C)s4)n(C)c3c2Cl)ccn1. The smallest absolute Gasteiger partial charge is 0.222 e. The molecule has 10 nitrogen and oxygen atoms in total. The minimum Gasteiger partial charge on any atom is -0.454 e. The second-order valence-corrected chi connectivity index (χ2v) is 11.3. The van der Waals surface area contributed by atoms with Crippen molar-refractivity contribution in [2.75, 3.05) is 23.8 Å². The van der Waals surface area contributed by atoms with E-state index < -0.39 is 0 Å². The van der Waals surface area contributed by atoms with Gasteiger partial charge in [-0.15, -0.1) is 11.3 Å². The topological polar surface area (TPSA) is 116 Å². The molecule has 0 spiro atoms. The van der Waals surface area contributed by atoms with Gasteiger partial charge in [0.05, 0.1) is 18.5 Å². The summed E-state index contributed by atoms with van der Waals surface area (Å²) in [6.45, 7) is 9.48. The number of anilines is 3. The molecule has 1 aliphatic rings. The van der Waals surface area contributed by atoms with E-state index in [1.165, 1.54) is 18.0 Å². The number of rotatable bonds is 6. The molecule has 1 aliphatic heterocycles. The van der Waals surface area contributed by atoms with Crippen LogP contribution >= 0.6 is 22.9 Å². The van der Waals surface area contributed by atoms with E-state index in [0.29, 0.717) is 52.0 Å². The van der Waals surface area contributed by atoms with Crippen LogP contribution in [0.2, 0.25) is 5.02 Å². The van der Waals surface area contributed by atoms with E-state index in [1.54, 1.807) is 29.7 Å². The molecule has 12 heteroatoms. The quantitative estimate of drug-likeness (QED) is 0.316. The van der Waals surface area contributed by atoms with E-state index in [4.69, 9.17) is 26.1 Å². The maximum Gasteiger partial charge on any atom is 0.222 e. The molecular formula is C25H28ClN7O3S. The molecule has 5 heterocycles. The number of nitrogens with one attached hydrogen (secondary N) is 2. The molecule has 4 aromatic rings. The average Bonchev–Trinajstić information content (AvgIpc) is 3.55. The predicted octanol–water partition coefficient (Wildman–Crippen LogP) is 5.77. The van der Waals surface area contributed by atoms with E-state index >= 15 is 0 Å². The molecule has 194 valence electrons. The maximum atomic E-state index is 11.3. The molecule has 1 unspecified atom stereocenters. The number of hydrogen-bond donors (Lipinski definition) is 2. The monoisotopic (exact) mass is 541 g/mol. The van der Waals surface area contributed by atoms with Crippen molar-refractivity contribution in [2.24, 2.45) is 7.05 Å². The highest BCUT2D eigenvalue weighted by molar-refractivity contribution is 7.16. The lowest BCUT2D eigenvalue weighted by Crippen LogP contribution is -2.14. The summed E-state index contributed by atoms with van der Waals surface area (Å²) >= 11 is 8.38. The van der Waals surface area contributed by atoms with Crippen molar-refractivity contribution in [1.29, 1.82) is 0 Å². The third kappa shape index (κ3) is 5.25. The molecule has 37 heavy (non-hydrogen) atoms. The Labute approximate surface area is 223 Å². The molecule has 2 N–H and O–H groups in total. The minimum atomic E-state index is -0.223. The molecule has 0 aliphatic carbocycles. The highest BCUT2D eigenvalue weighted by Crippen LogP contribution is 2.41. The summed E-state index contributed by atoms with van der Waals surface area (Å²) in [5, 5.41) is 7.13. The predicted molar refractivity (Wildman–Crippen MR) is 144 cm³/mol. The molecular weight excluding hydrogens is 514 g/mol. The molecule has 5 rings (SSSR count). The Morgan fingerprint density at radius 2 is 2.11 bits per heavy atom. The van der Waals surface area contributed by atoms with E-state index in [-0.39, 0.29) is 11.3 Å². The number of amides is 1. The first kappa shape index (κ1) is 25.4. The number of halogens is 1. The summed E-state index contributed by atoms with van der Waals surface area (Å²) in [6, 6.07) is 3.28. The van der Waals surface area contributed by atoms with Gasteiger partial charge in [-0.05, 0) is 17.9 Å². The second-order valence-electron chi connectivity index (χ2n) is 9.93. The number of pyridine rings is 2. The standard InChI is InChI=1S/C25H28ClN7O3S/c1-13(34)29-17-10-15(6-8-27-17)36-16-11-28-22-20(18(16)26)33(5)23(31-22)32-24-30-19(14-7-9-35-12-14)21(37-24)25(2,3)4/h6,8,10-11,14H,7,9,12H2,1-5H3,(H,27,29,34)(H,28,30,31,32). The Kier molecular flexibility index (Phi) is 6.78. The van der Waals surface area contributed by atoms with Crippen molar-refractivity contribution in [1.82, 2.24) is 24.5 Å². The molecule has 0 bridgehead atoms. The van der Waals surface area contributed by atoms with Gasteiger partial charge in [-0.3, -0.25) is 4.79 Å². The van der Waals surface area contributed by atoms with Gasteiger partial charge in [0, 0.05) is 43.6 Å². The number of carbonyl (C=O) groups excluding carboxylic acids is 1. The lowest BCUT2D eigenvalue weighted by Gasteiger charge is -2.19. The minimum absolute atomic E-state index is 0.0360. The number of ether oxygens (including phenoxy) is 2. The molecule has 0 radical (unpaired) electrons. The molecule has 1 fully saturated rings. The summed E-state index contributed by atoms with van der Waals surface area (Å²) in [4.78, 5) is 30.7. The fourth-order valence-corrected chi connectivity index (χ4v) is 5.59. The van der Waals surface area contributed by atoms with E-state index in [1.807, 2.05) is 11.6 Å². The van der Waals surface area contributed by atoms with Crippen LogP contribution < -0.4 is 15.4 Å². The van der Waals surface area contributed by atoms with Gasteiger partial charge in [-0.1, -0.05) is 32.4 Å².